The lowest BCUT2D eigenvalue weighted by atomic mass is 10.1. The highest BCUT2D eigenvalue weighted by Gasteiger charge is 2.37. The van der Waals surface area contributed by atoms with Gasteiger partial charge in [-0.1, -0.05) is 6.07 Å². The van der Waals surface area contributed by atoms with Gasteiger partial charge in [0, 0.05) is 5.69 Å². The van der Waals surface area contributed by atoms with Crippen molar-refractivity contribution < 1.29 is 14.7 Å². The van der Waals surface area contributed by atoms with Gasteiger partial charge in [0.2, 0.25) is 0 Å². The number of rotatable bonds is 2. The Balaban J connectivity index is 1.94. The zero-order valence-corrected chi connectivity index (χ0v) is 10.4. The molecule has 2 amide bonds. The van der Waals surface area contributed by atoms with Gasteiger partial charge < -0.3 is 10.8 Å². The van der Waals surface area contributed by atoms with Crippen LogP contribution in [0.15, 0.2) is 36.5 Å². The van der Waals surface area contributed by atoms with E-state index in [2.05, 4.69) is 4.98 Å². The van der Waals surface area contributed by atoms with Gasteiger partial charge in [0.1, 0.15) is 5.75 Å². The molecule has 2 heterocycles. The summed E-state index contributed by atoms with van der Waals surface area (Å²) in [6.45, 7) is 0.0477. The van der Waals surface area contributed by atoms with Crippen molar-refractivity contribution in [1.29, 1.82) is 0 Å². The van der Waals surface area contributed by atoms with Gasteiger partial charge >= 0.3 is 0 Å². The molecule has 0 unspecified atom stereocenters. The topological polar surface area (TPSA) is 96.5 Å². The standard InChI is InChI=1S/C14H11N3O3/c15-11-3-1-2-10-12(11)14(20)17(13(10)19)7-8-4-5-9(18)6-16-8/h1-6,18H,7,15H2. The second-order valence-electron chi connectivity index (χ2n) is 4.47. The molecule has 0 saturated carbocycles. The van der Waals surface area contributed by atoms with Crippen LogP contribution in [0.1, 0.15) is 26.4 Å². The second kappa shape index (κ2) is 4.34. The molecule has 2 aromatic rings. The molecule has 3 N–H and O–H groups in total. The highest BCUT2D eigenvalue weighted by atomic mass is 16.3. The summed E-state index contributed by atoms with van der Waals surface area (Å²) in [6, 6.07) is 7.82. The highest BCUT2D eigenvalue weighted by Crippen LogP contribution is 2.28. The van der Waals surface area contributed by atoms with Gasteiger partial charge in [0.05, 0.1) is 29.6 Å². The fourth-order valence-electron chi connectivity index (χ4n) is 2.18. The number of hydrogen-bond donors (Lipinski definition) is 2. The maximum absolute atomic E-state index is 12.2. The predicted octanol–water partition coefficient (Wildman–Crippen LogP) is 1.17. The average molecular weight is 269 g/mol. The number of hydrogen-bond acceptors (Lipinski definition) is 5. The van der Waals surface area contributed by atoms with Crippen LogP contribution < -0.4 is 5.73 Å². The largest absolute Gasteiger partial charge is 0.506 e. The molecule has 1 aromatic heterocycles. The first-order valence-corrected chi connectivity index (χ1v) is 5.96. The van der Waals surface area contributed by atoms with E-state index < -0.39 is 5.91 Å². The maximum Gasteiger partial charge on any atom is 0.264 e. The van der Waals surface area contributed by atoms with Gasteiger partial charge in [-0.15, -0.1) is 0 Å². The summed E-state index contributed by atoms with van der Waals surface area (Å²) in [6.07, 6.45) is 1.27. The van der Waals surface area contributed by atoms with E-state index in [-0.39, 0.29) is 23.8 Å². The Hall–Kier alpha value is -2.89. The molecule has 6 heteroatoms. The minimum atomic E-state index is -0.419. The van der Waals surface area contributed by atoms with Crippen LogP contribution in [0.5, 0.6) is 5.75 Å². The van der Waals surface area contributed by atoms with Gasteiger partial charge in [0.15, 0.2) is 0 Å². The monoisotopic (exact) mass is 269 g/mol. The highest BCUT2D eigenvalue weighted by molar-refractivity contribution is 6.23. The Morgan fingerprint density at radius 1 is 1.15 bits per heavy atom. The van der Waals surface area contributed by atoms with Gasteiger partial charge in [-0.2, -0.15) is 0 Å². The lowest BCUT2D eigenvalue weighted by Gasteiger charge is -2.13. The van der Waals surface area contributed by atoms with E-state index in [9.17, 15) is 14.7 Å². The van der Waals surface area contributed by atoms with Crippen LogP contribution >= 0.6 is 0 Å². The molecular weight excluding hydrogens is 258 g/mol. The number of fused-ring (bicyclic) bond motifs is 1. The third kappa shape index (κ3) is 1.78. The number of pyridine rings is 1. The number of nitrogens with two attached hydrogens (primary N) is 1. The van der Waals surface area contributed by atoms with Crippen molar-refractivity contribution in [3.8, 4) is 5.75 Å². The van der Waals surface area contributed by atoms with E-state index in [1.165, 1.54) is 12.3 Å². The quantitative estimate of drug-likeness (QED) is 0.630. The summed E-state index contributed by atoms with van der Waals surface area (Å²) in [5.41, 5.74) is 7.12. The fourth-order valence-corrected chi connectivity index (χ4v) is 2.18. The van der Waals surface area contributed by atoms with Crippen LogP contribution in [0.3, 0.4) is 0 Å². The number of benzene rings is 1. The van der Waals surface area contributed by atoms with Gasteiger partial charge in [-0.3, -0.25) is 19.5 Å². The Labute approximate surface area is 114 Å². The van der Waals surface area contributed by atoms with Gasteiger partial charge in [-0.05, 0) is 24.3 Å². The summed E-state index contributed by atoms with van der Waals surface area (Å²) in [7, 11) is 0. The zero-order chi connectivity index (χ0) is 14.3. The van der Waals surface area contributed by atoms with Crippen molar-refractivity contribution in [3.63, 3.8) is 0 Å². The molecule has 0 bridgehead atoms. The number of aromatic nitrogens is 1. The first kappa shape index (κ1) is 12.2. The Bertz CT molecular complexity index is 710. The number of aromatic hydroxyl groups is 1. The van der Waals surface area contributed by atoms with Crippen LogP contribution in [0.4, 0.5) is 5.69 Å². The van der Waals surface area contributed by atoms with Crippen molar-refractivity contribution in [2.45, 2.75) is 6.54 Å². The maximum atomic E-state index is 12.2. The SMILES string of the molecule is Nc1cccc2c1C(=O)N(Cc1ccc(O)cn1)C2=O. The average Bonchev–Trinajstić information content (AvgIpc) is 2.67. The van der Waals surface area contributed by atoms with Crippen molar-refractivity contribution in [2.75, 3.05) is 5.73 Å². The van der Waals surface area contributed by atoms with E-state index in [1.807, 2.05) is 0 Å². The Kier molecular flexibility index (Phi) is 2.64. The smallest absolute Gasteiger partial charge is 0.264 e. The molecule has 1 aliphatic heterocycles. The molecule has 6 nitrogen and oxygen atoms in total. The molecule has 3 rings (SSSR count). The van der Waals surface area contributed by atoms with Crippen LogP contribution in [0, 0.1) is 0 Å². The van der Waals surface area contributed by atoms with Gasteiger partial charge in [-0.25, -0.2) is 0 Å². The number of amides is 2. The van der Waals surface area contributed by atoms with Crippen LogP contribution in [-0.4, -0.2) is 26.8 Å². The Morgan fingerprint density at radius 2 is 1.95 bits per heavy atom. The molecule has 0 aliphatic carbocycles. The molecule has 1 aromatic carbocycles. The van der Waals surface area contributed by atoms with Crippen molar-refractivity contribution >= 4 is 17.5 Å². The van der Waals surface area contributed by atoms with Crippen molar-refractivity contribution in [3.05, 3.63) is 53.3 Å². The number of carbonyl (C=O) groups is 2. The molecule has 0 saturated heterocycles. The lowest BCUT2D eigenvalue weighted by Crippen LogP contribution is -2.29. The molecule has 0 spiro atoms. The first-order valence-electron chi connectivity index (χ1n) is 5.96. The van der Waals surface area contributed by atoms with Crippen LogP contribution in [0.2, 0.25) is 0 Å². The summed E-state index contributed by atoms with van der Waals surface area (Å²) in [5, 5.41) is 9.17. The third-order valence-electron chi connectivity index (χ3n) is 3.16. The number of nitrogens with zero attached hydrogens (tertiary/aromatic N) is 2. The number of carbonyl (C=O) groups excluding carboxylic acids is 2. The summed E-state index contributed by atoms with van der Waals surface area (Å²) in [5.74, 6) is -0.773. The van der Waals surface area contributed by atoms with Gasteiger partial charge in [0.25, 0.3) is 11.8 Å². The minimum absolute atomic E-state index is 0.0281. The lowest BCUT2D eigenvalue weighted by molar-refractivity contribution is 0.0641. The fraction of sp³-hybridized carbons (Fsp3) is 0.0714. The van der Waals surface area contributed by atoms with Crippen LogP contribution in [-0.2, 0) is 6.54 Å². The summed E-state index contributed by atoms with van der Waals surface area (Å²) >= 11 is 0. The summed E-state index contributed by atoms with van der Waals surface area (Å²) in [4.78, 5) is 29.5. The molecule has 100 valence electrons. The first-order chi connectivity index (χ1) is 9.58. The summed E-state index contributed by atoms with van der Waals surface area (Å²) < 4.78 is 0. The molecule has 0 radical (unpaired) electrons. The van der Waals surface area contributed by atoms with E-state index in [0.29, 0.717) is 16.9 Å². The van der Waals surface area contributed by atoms with E-state index in [0.717, 1.165) is 4.90 Å². The van der Waals surface area contributed by atoms with E-state index in [4.69, 9.17) is 5.73 Å². The van der Waals surface area contributed by atoms with Crippen LogP contribution in [0.25, 0.3) is 0 Å². The van der Waals surface area contributed by atoms with E-state index in [1.54, 1.807) is 24.3 Å². The predicted molar refractivity (Wildman–Crippen MR) is 71.0 cm³/mol. The second-order valence-corrected chi connectivity index (χ2v) is 4.47. The molecule has 1 aliphatic rings. The number of anilines is 1. The minimum Gasteiger partial charge on any atom is -0.506 e. The molecule has 0 fully saturated rings. The third-order valence-corrected chi connectivity index (χ3v) is 3.16. The number of nitrogen functional groups attached to an aromatic ring is 1. The Morgan fingerprint density at radius 3 is 2.60 bits per heavy atom. The number of imide groups is 1. The molecule has 20 heavy (non-hydrogen) atoms. The zero-order valence-electron chi connectivity index (χ0n) is 10.4. The normalized spacial score (nSPS) is 13.7. The van der Waals surface area contributed by atoms with Crippen molar-refractivity contribution in [2.24, 2.45) is 0 Å². The molecular formula is C14H11N3O3. The van der Waals surface area contributed by atoms with Crippen molar-refractivity contribution in [1.82, 2.24) is 9.88 Å². The molecule has 0 atom stereocenters. The van der Waals surface area contributed by atoms with E-state index >= 15 is 0 Å².